The molecule has 5 heteroatoms. The summed E-state index contributed by atoms with van der Waals surface area (Å²) in [5.41, 5.74) is 9.47. The Hall–Kier alpha value is -2.06. The van der Waals surface area contributed by atoms with E-state index in [1.54, 1.807) is 11.8 Å². The predicted octanol–water partition coefficient (Wildman–Crippen LogP) is 3.86. The van der Waals surface area contributed by atoms with Crippen LogP contribution >= 0.6 is 11.8 Å². The fraction of sp³-hybridized carbons (Fsp3) is 0.389. The Kier molecular flexibility index (Phi) is 4.82. The molecule has 0 unspecified atom stereocenters. The maximum Gasteiger partial charge on any atom is 0.190 e. The first-order valence-corrected chi connectivity index (χ1v) is 8.82. The van der Waals surface area contributed by atoms with Crippen molar-refractivity contribution in [2.45, 2.75) is 49.4 Å². The molecule has 0 saturated heterocycles. The molecular weight excluding hydrogens is 304 g/mol. The van der Waals surface area contributed by atoms with E-state index >= 15 is 0 Å². The normalized spacial score (nSPS) is 14.8. The highest BCUT2D eigenvalue weighted by molar-refractivity contribution is 7.99. The minimum absolute atomic E-state index is 0.297. The minimum Gasteiger partial charge on any atom is -0.382 e. The van der Waals surface area contributed by atoms with Gasteiger partial charge in [0.05, 0.1) is 5.69 Å². The van der Waals surface area contributed by atoms with Crippen LogP contribution < -0.4 is 5.73 Å². The smallest absolute Gasteiger partial charge is 0.190 e. The zero-order chi connectivity index (χ0) is 16.2. The van der Waals surface area contributed by atoms with E-state index in [1.807, 2.05) is 6.07 Å². The third-order valence-electron chi connectivity index (χ3n) is 4.13. The Balaban J connectivity index is 1.90. The molecule has 0 radical (unpaired) electrons. The van der Waals surface area contributed by atoms with Crippen molar-refractivity contribution in [2.24, 2.45) is 0 Å². The molecule has 2 N–H and O–H groups in total. The molecule has 1 saturated carbocycles. The molecule has 2 aromatic rings. The van der Waals surface area contributed by atoms with Gasteiger partial charge in [-0.3, -0.25) is 0 Å². The first-order valence-electron chi connectivity index (χ1n) is 7.94. The van der Waals surface area contributed by atoms with Crippen molar-refractivity contribution in [2.75, 3.05) is 5.73 Å². The maximum atomic E-state index is 9.39. The van der Waals surface area contributed by atoms with E-state index in [0.29, 0.717) is 28.2 Å². The summed E-state index contributed by atoms with van der Waals surface area (Å²) in [6, 6.07) is 10.4. The number of rotatable bonds is 4. The second kappa shape index (κ2) is 7.01. The van der Waals surface area contributed by atoms with Crippen molar-refractivity contribution in [3.8, 4) is 6.07 Å². The van der Waals surface area contributed by atoms with E-state index in [-0.39, 0.29) is 0 Å². The summed E-state index contributed by atoms with van der Waals surface area (Å²) < 4.78 is 0. The minimum atomic E-state index is 0.297. The average molecular weight is 324 g/mol. The molecule has 0 atom stereocenters. The van der Waals surface area contributed by atoms with Gasteiger partial charge >= 0.3 is 0 Å². The topological polar surface area (TPSA) is 75.6 Å². The third kappa shape index (κ3) is 3.83. The van der Waals surface area contributed by atoms with E-state index in [9.17, 15) is 5.26 Å². The highest BCUT2D eigenvalue weighted by Gasteiger charge is 2.20. The number of hydrogen-bond acceptors (Lipinski definition) is 5. The van der Waals surface area contributed by atoms with Gasteiger partial charge in [0.25, 0.3) is 0 Å². The number of nitrogen functional groups attached to an aromatic ring is 1. The molecule has 118 valence electrons. The summed E-state index contributed by atoms with van der Waals surface area (Å²) in [7, 11) is 0. The molecule has 1 aliphatic rings. The van der Waals surface area contributed by atoms with Crippen molar-refractivity contribution >= 4 is 17.6 Å². The van der Waals surface area contributed by atoms with Crippen molar-refractivity contribution in [3.05, 3.63) is 46.6 Å². The highest BCUT2D eigenvalue weighted by Crippen LogP contribution is 2.34. The van der Waals surface area contributed by atoms with Crippen LogP contribution in [0.2, 0.25) is 0 Å². The van der Waals surface area contributed by atoms with Gasteiger partial charge in [0.15, 0.2) is 5.16 Å². The van der Waals surface area contributed by atoms with E-state index in [0.717, 1.165) is 11.3 Å². The van der Waals surface area contributed by atoms with Crippen LogP contribution in [0, 0.1) is 18.3 Å². The van der Waals surface area contributed by atoms with Crippen molar-refractivity contribution in [1.29, 1.82) is 5.26 Å². The summed E-state index contributed by atoms with van der Waals surface area (Å²) in [6.07, 6.45) is 5.58. The fourth-order valence-corrected chi connectivity index (χ4v) is 4.16. The van der Waals surface area contributed by atoms with Gasteiger partial charge in [-0.1, -0.05) is 54.4 Å². The van der Waals surface area contributed by atoms with Crippen molar-refractivity contribution < 1.29 is 0 Å². The number of nitrogens with zero attached hydrogens (tertiary/aromatic N) is 3. The Morgan fingerprint density at radius 2 is 2.09 bits per heavy atom. The first-order chi connectivity index (χ1) is 11.2. The summed E-state index contributed by atoms with van der Waals surface area (Å²) in [4.78, 5) is 8.98. The Bertz CT molecular complexity index is 745. The number of benzene rings is 1. The quantitative estimate of drug-likeness (QED) is 0.864. The van der Waals surface area contributed by atoms with Gasteiger partial charge in [0.2, 0.25) is 0 Å². The Morgan fingerprint density at radius 3 is 2.78 bits per heavy atom. The molecule has 3 rings (SSSR count). The largest absolute Gasteiger partial charge is 0.382 e. The number of nitrogens with two attached hydrogens (primary N) is 1. The predicted molar refractivity (Wildman–Crippen MR) is 93.3 cm³/mol. The number of aryl methyl sites for hydroxylation is 1. The first kappa shape index (κ1) is 15.8. The second-order valence-electron chi connectivity index (χ2n) is 6.02. The lowest BCUT2D eigenvalue weighted by molar-refractivity contribution is 0.866. The van der Waals surface area contributed by atoms with E-state index in [2.05, 4.69) is 41.2 Å². The van der Waals surface area contributed by atoms with Crippen LogP contribution in [0.1, 0.15) is 48.1 Å². The lowest BCUT2D eigenvalue weighted by atomic mass is 10.0. The van der Waals surface area contributed by atoms with Crippen molar-refractivity contribution in [1.82, 2.24) is 9.97 Å². The van der Waals surface area contributed by atoms with Crippen molar-refractivity contribution in [3.63, 3.8) is 0 Å². The monoisotopic (exact) mass is 324 g/mol. The van der Waals surface area contributed by atoms with Crippen LogP contribution in [0.25, 0.3) is 0 Å². The number of nitriles is 1. The molecule has 0 spiro atoms. The third-order valence-corrected chi connectivity index (χ3v) is 5.33. The van der Waals surface area contributed by atoms with Crippen LogP contribution in [-0.2, 0) is 6.42 Å². The molecule has 1 heterocycles. The van der Waals surface area contributed by atoms with Crippen LogP contribution in [0.3, 0.4) is 0 Å². The van der Waals surface area contributed by atoms with Crippen LogP contribution in [0.15, 0.2) is 29.4 Å². The standard InChI is InChI=1S/C18H20N4S/c1-12-5-4-6-13(9-12)10-16-15(11-19)17(20)22-18(21-16)23-14-7-2-3-8-14/h4-6,9,14H,2-3,7-8,10H2,1H3,(H2,20,21,22). The molecule has 1 aromatic heterocycles. The second-order valence-corrected chi connectivity index (χ2v) is 7.28. The average Bonchev–Trinajstić information content (AvgIpc) is 3.00. The lowest BCUT2D eigenvalue weighted by Gasteiger charge is -2.11. The molecular formula is C18H20N4S. The Labute approximate surface area is 141 Å². The summed E-state index contributed by atoms with van der Waals surface area (Å²) in [6.45, 7) is 2.06. The molecule has 1 aromatic carbocycles. The number of thioether (sulfide) groups is 1. The van der Waals surface area contributed by atoms with Crippen LogP contribution in [0.4, 0.5) is 5.82 Å². The fourth-order valence-electron chi connectivity index (χ4n) is 2.98. The molecule has 0 aliphatic heterocycles. The molecule has 0 amide bonds. The SMILES string of the molecule is Cc1cccc(Cc2nc(SC3CCCC3)nc(N)c2C#N)c1. The molecule has 1 aliphatic carbocycles. The number of anilines is 1. The van der Waals surface area contributed by atoms with Gasteiger partial charge < -0.3 is 5.73 Å². The number of aromatic nitrogens is 2. The molecule has 23 heavy (non-hydrogen) atoms. The summed E-state index contributed by atoms with van der Waals surface area (Å²) in [5, 5.41) is 10.7. The summed E-state index contributed by atoms with van der Waals surface area (Å²) >= 11 is 1.70. The van der Waals surface area contributed by atoms with Gasteiger partial charge in [-0.15, -0.1) is 0 Å². The van der Waals surface area contributed by atoms with Gasteiger partial charge in [-0.25, -0.2) is 9.97 Å². The van der Waals surface area contributed by atoms with E-state index in [4.69, 9.17) is 5.73 Å². The maximum absolute atomic E-state index is 9.39. The molecule has 4 nitrogen and oxygen atoms in total. The molecule has 0 bridgehead atoms. The zero-order valence-electron chi connectivity index (χ0n) is 13.2. The van der Waals surface area contributed by atoms with Gasteiger partial charge in [-0.05, 0) is 25.3 Å². The number of hydrogen-bond donors (Lipinski definition) is 1. The lowest BCUT2D eigenvalue weighted by Crippen LogP contribution is -2.07. The molecule has 1 fully saturated rings. The Morgan fingerprint density at radius 1 is 1.30 bits per heavy atom. The van der Waals surface area contributed by atoms with E-state index in [1.165, 1.54) is 31.2 Å². The zero-order valence-corrected chi connectivity index (χ0v) is 14.1. The van der Waals surface area contributed by atoms with Gasteiger partial charge in [0, 0.05) is 11.7 Å². The van der Waals surface area contributed by atoms with Gasteiger partial charge in [0.1, 0.15) is 17.5 Å². The summed E-state index contributed by atoms with van der Waals surface area (Å²) in [5.74, 6) is 0.297. The van der Waals surface area contributed by atoms with Crippen LogP contribution in [-0.4, -0.2) is 15.2 Å². The van der Waals surface area contributed by atoms with E-state index < -0.39 is 0 Å². The van der Waals surface area contributed by atoms with Crippen LogP contribution in [0.5, 0.6) is 0 Å². The van der Waals surface area contributed by atoms with Gasteiger partial charge in [-0.2, -0.15) is 5.26 Å². The highest BCUT2D eigenvalue weighted by atomic mass is 32.2.